The summed E-state index contributed by atoms with van der Waals surface area (Å²) in [7, 11) is 0. The van der Waals surface area contributed by atoms with Crippen LogP contribution >= 0.6 is 0 Å². The molecule has 0 spiro atoms. The maximum absolute atomic E-state index is 9.75. The lowest BCUT2D eigenvalue weighted by Gasteiger charge is -1.85. The largest absolute Gasteiger partial charge is 0.545 e. The Morgan fingerprint density at radius 3 is 0.944 bits per heavy atom. The van der Waals surface area contributed by atoms with Gasteiger partial charge in [-0.25, -0.2) is 0 Å². The van der Waals surface area contributed by atoms with Gasteiger partial charge in [0.15, 0.2) is 0 Å². The van der Waals surface area contributed by atoms with E-state index in [0.717, 1.165) is 12.2 Å². The summed E-state index contributed by atoms with van der Waals surface area (Å²) in [5, 5.41) is 19.0. The first-order valence-corrected chi connectivity index (χ1v) is 3.62. The Morgan fingerprint density at radius 2 is 0.889 bits per heavy atom. The summed E-state index contributed by atoms with van der Waals surface area (Å²) in [5.74, 6) is -4.45. The van der Waals surface area contributed by atoms with Gasteiger partial charge in [0.2, 0.25) is 11.8 Å². The smallest absolute Gasteiger partial charge is 0.241 e. The first-order chi connectivity index (χ1) is 7.25. The van der Waals surface area contributed by atoms with Crippen molar-refractivity contribution in [3.8, 4) is 0 Å². The summed E-state index contributed by atoms with van der Waals surface area (Å²) in [4.78, 5) is 38.5. The van der Waals surface area contributed by atoms with Crippen molar-refractivity contribution in [1.82, 2.24) is 12.3 Å². The van der Waals surface area contributed by atoms with E-state index in [9.17, 15) is 29.4 Å². The minimum atomic E-state index is -1.43. The van der Waals surface area contributed by atoms with Gasteiger partial charge in [-0.1, -0.05) is 0 Å². The Kier molecular flexibility index (Phi) is 19.4. The van der Waals surface area contributed by atoms with Crippen molar-refractivity contribution in [3.63, 3.8) is 0 Å². The van der Waals surface area contributed by atoms with E-state index in [4.69, 9.17) is 0 Å². The number of rotatable bonds is 4. The van der Waals surface area contributed by atoms with Crippen LogP contribution in [0.2, 0.25) is 0 Å². The second-order valence-corrected chi connectivity index (χ2v) is 2.11. The lowest BCUT2D eigenvalue weighted by atomic mass is 10.5. The van der Waals surface area contributed by atoms with Crippen molar-refractivity contribution in [2.24, 2.45) is 11.5 Å². The molecule has 0 aliphatic carbocycles. The quantitative estimate of drug-likeness (QED) is 0.372. The van der Waals surface area contributed by atoms with Crippen LogP contribution in [0.15, 0.2) is 24.3 Å². The maximum Gasteiger partial charge on any atom is 0.241 e. The summed E-state index contributed by atoms with van der Waals surface area (Å²) in [6.07, 6.45) is 2.58. The molecule has 0 saturated heterocycles. The van der Waals surface area contributed by atoms with Crippen molar-refractivity contribution in [3.05, 3.63) is 24.3 Å². The molecule has 0 atom stereocenters. The van der Waals surface area contributed by atoms with Crippen LogP contribution in [0.5, 0.6) is 0 Å². The zero-order valence-electron chi connectivity index (χ0n) is 9.91. The van der Waals surface area contributed by atoms with Gasteiger partial charge in [-0.05, 0) is 12.2 Å². The molecule has 0 heterocycles. The summed E-state index contributed by atoms with van der Waals surface area (Å²) in [6, 6.07) is 0. The van der Waals surface area contributed by atoms with E-state index in [0.29, 0.717) is 12.2 Å². The Balaban J connectivity index is -0.0000000980. The number of aliphatic carboxylic acids is 2. The maximum atomic E-state index is 9.75. The van der Waals surface area contributed by atoms with Crippen molar-refractivity contribution < 1.29 is 29.4 Å². The van der Waals surface area contributed by atoms with E-state index in [1.165, 1.54) is 0 Å². The van der Waals surface area contributed by atoms with Gasteiger partial charge in [0, 0.05) is 12.2 Å². The van der Waals surface area contributed by atoms with Gasteiger partial charge >= 0.3 is 0 Å². The van der Waals surface area contributed by atoms with Crippen LogP contribution in [0.3, 0.4) is 0 Å². The molecule has 0 unspecified atom stereocenters. The molecule has 10 nitrogen and oxygen atoms in total. The average molecular weight is 264 g/mol. The SMILES string of the molecule is NC(=O)/C=C\C(=O)[O-].NC(=O)/C=C\C(=O)[O-].[NH4+].[NH4+]. The number of quaternary nitrogens is 2. The first kappa shape index (κ1) is 24.5. The van der Waals surface area contributed by atoms with Crippen LogP contribution in [0.1, 0.15) is 0 Å². The van der Waals surface area contributed by atoms with Gasteiger partial charge in [0.1, 0.15) is 0 Å². The topological polar surface area (TPSA) is 239 Å². The van der Waals surface area contributed by atoms with E-state index in [1.807, 2.05) is 0 Å². The second kappa shape index (κ2) is 14.3. The molecule has 0 aromatic heterocycles. The van der Waals surface area contributed by atoms with Crippen LogP contribution < -0.4 is 34.0 Å². The third-order valence-electron chi connectivity index (χ3n) is 0.767. The molecule has 18 heavy (non-hydrogen) atoms. The number of carbonyl (C=O) groups excluding carboxylic acids is 4. The van der Waals surface area contributed by atoms with E-state index in [-0.39, 0.29) is 12.3 Å². The Bertz CT molecular complexity index is 283. The summed E-state index contributed by atoms with van der Waals surface area (Å²) in [6.45, 7) is 0. The monoisotopic (exact) mass is 264 g/mol. The highest BCUT2D eigenvalue weighted by molar-refractivity contribution is 5.92. The number of carboxylic acids is 2. The highest BCUT2D eigenvalue weighted by Gasteiger charge is 1.79. The Morgan fingerprint density at radius 1 is 0.667 bits per heavy atom. The number of amides is 2. The van der Waals surface area contributed by atoms with Gasteiger partial charge in [0.25, 0.3) is 0 Å². The van der Waals surface area contributed by atoms with Crippen LogP contribution in [-0.2, 0) is 19.2 Å². The molecule has 104 valence electrons. The van der Waals surface area contributed by atoms with Crippen LogP contribution in [0.25, 0.3) is 0 Å². The lowest BCUT2D eigenvalue weighted by molar-refractivity contribution is -0.298. The molecule has 0 fully saturated rings. The molecule has 0 rings (SSSR count). The molecule has 0 radical (unpaired) electrons. The molecule has 0 saturated carbocycles. The van der Waals surface area contributed by atoms with Crippen molar-refractivity contribution >= 4 is 23.8 Å². The molecule has 0 aliphatic rings. The number of hydrogen-bond acceptors (Lipinski definition) is 6. The zero-order valence-corrected chi connectivity index (χ0v) is 9.91. The predicted molar refractivity (Wildman–Crippen MR) is 58.7 cm³/mol. The van der Waals surface area contributed by atoms with Gasteiger partial charge in [-0.3, -0.25) is 9.59 Å². The number of primary amides is 2. The zero-order chi connectivity index (χ0) is 13.1. The Hall–Kier alpha value is -2.72. The molecular weight excluding hydrogens is 248 g/mol. The fourth-order valence-corrected chi connectivity index (χ4v) is 0.300. The van der Waals surface area contributed by atoms with Gasteiger partial charge < -0.3 is 43.6 Å². The van der Waals surface area contributed by atoms with Gasteiger partial charge in [-0.2, -0.15) is 0 Å². The molecule has 0 aromatic carbocycles. The fourth-order valence-electron chi connectivity index (χ4n) is 0.300. The number of carbonyl (C=O) groups is 4. The van der Waals surface area contributed by atoms with E-state index in [2.05, 4.69) is 11.5 Å². The minimum absolute atomic E-state index is 0. The van der Waals surface area contributed by atoms with E-state index < -0.39 is 23.8 Å². The van der Waals surface area contributed by atoms with Gasteiger partial charge in [0.05, 0.1) is 11.9 Å². The minimum Gasteiger partial charge on any atom is -0.545 e. The van der Waals surface area contributed by atoms with Gasteiger partial charge in [-0.15, -0.1) is 0 Å². The molecule has 10 heteroatoms. The van der Waals surface area contributed by atoms with Crippen LogP contribution in [0.4, 0.5) is 0 Å². The first-order valence-electron chi connectivity index (χ1n) is 3.62. The molecular formula is C8H16N4O6. The third kappa shape index (κ3) is 37.8. The highest BCUT2D eigenvalue weighted by Crippen LogP contribution is 1.65. The second-order valence-electron chi connectivity index (χ2n) is 2.11. The van der Waals surface area contributed by atoms with Crippen molar-refractivity contribution in [2.45, 2.75) is 0 Å². The average Bonchev–Trinajstić information content (AvgIpc) is 2.12. The van der Waals surface area contributed by atoms with Crippen molar-refractivity contribution in [1.29, 1.82) is 0 Å². The predicted octanol–water partition coefficient (Wildman–Crippen LogP) is -3.69. The summed E-state index contributed by atoms with van der Waals surface area (Å²) >= 11 is 0. The Labute approximate surface area is 102 Å². The van der Waals surface area contributed by atoms with Crippen LogP contribution in [0, 0.1) is 0 Å². The third-order valence-corrected chi connectivity index (χ3v) is 0.767. The number of carboxylic acid groups (broad SMARTS) is 2. The summed E-state index contributed by atoms with van der Waals surface area (Å²) in [5.41, 5.74) is 9.05. The lowest BCUT2D eigenvalue weighted by Crippen LogP contribution is -2.20. The number of nitrogens with two attached hydrogens (primary N) is 2. The molecule has 0 aromatic rings. The molecule has 12 N–H and O–H groups in total. The molecule has 2 amide bonds. The molecule has 0 aliphatic heterocycles. The number of hydrogen-bond donors (Lipinski definition) is 4. The fraction of sp³-hybridized carbons (Fsp3) is 0. The van der Waals surface area contributed by atoms with E-state index in [1.54, 1.807) is 0 Å². The van der Waals surface area contributed by atoms with Crippen molar-refractivity contribution in [2.75, 3.05) is 0 Å². The molecule has 0 bridgehead atoms. The standard InChI is InChI=1S/2C4H5NO3.2H3N/c2*5-3(6)1-2-4(7)8;;/h2*1-2H,(H2,5,6)(H,7,8);2*1H3/b2*2-1-;;. The van der Waals surface area contributed by atoms with E-state index >= 15 is 0 Å². The highest BCUT2D eigenvalue weighted by atomic mass is 16.4. The summed E-state index contributed by atoms with van der Waals surface area (Å²) < 4.78 is 0. The van der Waals surface area contributed by atoms with Crippen LogP contribution in [-0.4, -0.2) is 23.8 Å². The normalized spacial score (nSPS) is 8.44.